The van der Waals surface area contributed by atoms with Gasteiger partial charge in [0.1, 0.15) is 0 Å². The van der Waals surface area contributed by atoms with Gasteiger partial charge in [0.05, 0.1) is 16.8 Å². The molecule has 3 aliphatic heterocycles. The molecular weight excluding hydrogens is 1130 g/mol. The molecule has 6 nitrogen and oxygen atoms in total. The number of hydrogen-bond donors (Lipinski definition) is 3. The Morgan fingerprint density at radius 3 is 0.570 bits per heavy atom. The van der Waals surface area contributed by atoms with Crippen LogP contribution in [-0.2, 0) is 0 Å². The van der Waals surface area contributed by atoms with Crippen LogP contribution in [0.2, 0.25) is 0 Å². The van der Waals surface area contributed by atoms with Crippen LogP contribution in [0.5, 0.6) is 0 Å². The van der Waals surface area contributed by atoms with Crippen molar-refractivity contribution in [3.05, 3.63) is 0 Å². The number of rotatable bonds is 6. The van der Waals surface area contributed by atoms with Crippen molar-refractivity contribution in [2.45, 2.75) is 416 Å². The first-order valence-corrected chi connectivity index (χ1v) is 40.6. The van der Waals surface area contributed by atoms with Crippen molar-refractivity contribution >= 4 is 0 Å². The third-order valence-corrected chi connectivity index (χ3v) is 27.9. The molecule has 12 rings (SSSR count). The second-order valence-electron chi connectivity index (χ2n) is 43.5. The fraction of sp³-hybridized carbons (Fsp3) is 1.00. The Kier molecular flexibility index (Phi) is 30.9. The van der Waals surface area contributed by atoms with Crippen LogP contribution < -0.4 is 0 Å². The number of nitrogens with zero attached hydrogens (tertiary/aromatic N) is 3. The maximum atomic E-state index is 10.0. The molecule has 552 valence electrons. The van der Waals surface area contributed by atoms with Gasteiger partial charge in [-0.2, -0.15) is 0 Å². The predicted octanol–water partition coefficient (Wildman–Crippen LogP) is 24.2. The summed E-state index contributed by atoms with van der Waals surface area (Å²) in [6.45, 7) is 74.2. The predicted molar refractivity (Wildman–Crippen MR) is 409 cm³/mol. The molecule has 3 saturated heterocycles. The van der Waals surface area contributed by atoms with Gasteiger partial charge in [-0.3, -0.25) is 0 Å². The van der Waals surface area contributed by atoms with Crippen LogP contribution in [0.4, 0.5) is 0 Å². The lowest BCUT2D eigenvalue weighted by molar-refractivity contribution is -0.117. The summed E-state index contributed by atoms with van der Waals surface area (Å²) in [5, 5.41) is 29.2. The molecular formula is C87H171N3O3. The van der Waals surface area contributed by atoms with Gasteiger partial charge in [-0.25, -0.2) is 0 Å². The van der Waals surface area contributed by atoms with Crippen LogP contribution in [0, 0.1) is 82.7 Å². The second kappa shape index (κ2) is 33.7. The number of aliphatic hydroxyl groups is 3. The summed E-state index contributed by atoms with van der Waals surface area (Å²) >= 11 is 0. The smallest absolute Gasteiger partial charge is 0.0697 e. The van der Waals surface area contributed by atoms with E-state index in [0.717, 1.165) is 56.3 Å². The van der Waals surface area contributed by atoms with Crippen molar-refractivity contribution in [1.82, 2.24) is 14.7 Å². The Bertz CT molecular complexity index is 2050. The van der Waals surface area contributed by atoms with E-state index in [4.69, 9.17) is 0 Å². The highest BCUT2D eigenvalue weighted by molar-refractivity contribution is 5.05. The average Bonchev–Trinajstić information content (AvgIpc) is 1.75. The fourth-order valence-corrected chi connectivity index (χ4v) is 17.2. The topological polar surface area (TPSA) is 70.4 Å². The van der Waals surface area contributed by atoms with Gasteiger partial charge in [-0.1, -0.05) is 238 Å². The zero-order valence-electron chi connectivity index (χ0n) is 68.6. The Labute approximate surface area is 584 Å². The molecule has 93 heavy (non-hydrogen) atoms. The molecule has 0 amide bonds. The van der Waals surface area contributed by atoms with Crippen LogP contribution in [-0.4, -0.2) is 106 Å². The molecule has 9 saturated carbocycles. The van der Waals surface area contributed by atoms with E-state index in [1.165, 1.54) is 232 Å². The van der Waals surface area contributed by atoms with E-state index in [1.807, 2.05) is 0 Å². The summed E-state index contributed by atoms with van der Waals surface area (Å²) in [6, 6.07) is 0. The summed E-state index contributed by atoms with van der Waals surface area (Å²) in [7, 11) is 0. The summed E-state index contributed by atoms with van der Waals surface area (Å²) in [5.41, 5.74) is 4.51. The molecule has 0 radical (unpaired) electrons. The van der Waals surface area contributed by atoms with Crippen molar-refractivity contribution in [3.8, 4) is 0 Å². The van der Waals surface area contributed by atoms with E-state index in [2.05, 4.69) is 202 Å². The SMILES string of the molecule is CC(C)(C)C1(CN2CCCC2)CC1.CC(C)(C)C1(CN2CCCC2)CCC1.CC(C)(C)C1(CN2CCCC2)CCCC1.CC(C)(C)C1(O)CC1.CC(C)(C)C1(O)CCC1.CC(C)(C)C1(O)CCCC1.CC(C)(C)C1CC1.CC(C)(C)C1CCC1.CC(C)(C)C1CCCC1. The van der Waals surface area contributed by atoms with Gasteiger partial charge in [-0.05, 0) is 283 Å². The van der Waals surface area contributed by atoms with E-state index in [0.29, 0.717) is 48.7 Å². The highest BCUT2D eigenvalue weighted by Crippen LogP contribution is 2.59. The van der Waals surface area contributed by atoms with E-state index in [-0.39, 0.29) is 33.0 Å². The van der Waals surface area contributed by atoms with Crippen LogP contribution >= 0.6 is 0 Å². The molecule has 0 atom stereocenters. The summed E-state index contributed by atoms with van der Waals surface area (Å²) in [5.74, 6) is 3.09. The van der Waals surface area contributed by atoms with Crippen LogP contribution in [0.25, 0.3) is 0 Å². The monoisotopic (exact) mass is 1310 g/mol. The summed E-state index contributed by atoms with van der Waals surface area (Å²) in [4.78, 5) is 8.10. The molecule has 12 aliphatic rings. The highest BCUT2D eigenvalue weighted by Gasteiger charge is 2.53. The van der Waals surface area contributed by atoms with Gasteiger partial charge in [0.2, 0.25) is 0 Å². The minimum Gasteiger partial charge on any atom is -0.389 e. The zero-order valence-corrected chi connectivity index (χ0v) is 68.6. The van der Waals surface area contributed by atoms with E-state index >= 15 is 0 Å². The standard InChI is InChI=1S/C14H27N.C13H25N.C12H23N.C9H18O.C9H18.C8H16O.C8H16.C7H14O.C7H14/c1-13(2,3)14(8-4-5-9-14)12-15-10-6-7-11-15;1-12(2,3)13(7-6-8-13)11-14-9-4-5-10-14;1-11(2,3)12(6-7-12)10-13-8-4-5-9-13;1-8(2,3)9(10)6-4-5-7-9;1-9(2,3)8-6-4-5-7-8;1-7(2,3)8(9)5-4-6-8;1-8(2,3)7-5-4-6-7;1-6(2,3)7(8)4-5-7;1-7(2,3)6-4-5-6/h4-12H2,1-3H3;4-11H2,1-3H3;4-10H2,1-3H3;10H,4-7H2,1-3H3;8H,4-7H2,1-3H3;9H,4-6H2,1-3H3;7H,4-6H2,1-3H3;8H,4-5H2,1-3H3;6H,4-5H2,1-3H3. The first-order chi connectivity index (χ1) is 42.3. The molecule has 0 unspecified atom stereocenters. The lowest BCUT2D eigenvalue weighted by atomic mass is 9.55. The van der Waals surface area contributed by atoms with Gasteiger partial charge >= 0.3 is 0 Å². The van der Waals surface area contributed by atoms with Crippen LogP contribution in [0.15, 0.2) is 0 Å². The number of likely N-dealkylation sites (tertiary alicyclic amines) is 3. The quantitative estimate of drug-likeness (QED) is 0.246. The summed E-state index contributed by atoms with van der Waals surface area (Å²) < 4.78 is 0. The molecule has 0 aromatic heterocycles. The fourth-order valence-electron chi connectivity index (χ4n) is 17.2. The number of hydrogen-bond acceptors (Lipinski definition) is 6. The van der Waals surface area contributed by atoms with Crippen LogP contribution in [0.1, 0.15) is 399 Å². The maximum Gasteiger partial charge on any atom is 0.0697 e. The third-order valence-electron chi connectivity index (χ3n) is 27.9. The van der Waals surface area contributed by atoms with E-state index in [9.17, 15) is 15.3 Å². The first kappa shape index (κ1) is 85.2. The lowest BCUT2D eigenvalue weighted by Crippen LogP contribution is -2.49. The molecule has 3 N–H and O–H groups in total. The van der Waals surface area contributed by atoms with Crippen molar-refractivity contribution < 1.29 is 15.3 Å². The minimum atomic E-state index is -0.368. The molecule has 12 fully saturated rings. The molecule has 0 spiro atoms. The Hall–Kier alpha value is -0.240. The minimum absolute atomic E-state index is 0.0729. The maximum absolute atomic E-state index is 10.0. The molecule has 0 aromatic carbocycles. The zero-order chi connectivity index (χ0) is 70.7. The van der Waals surface area contributed by atoms with Crippen molar-refractivity contribution in [3.63, 3.8) is 0 Å². The molecule has 0 aromatic rings. The highest BCUT2D eigenvalue weighted by atomic mass is 16.3. The molecule has 0 bridgehead atoms. The Morgan fingerprint density at radius 1 is 0.226 bits per heavy atom. The van der Waals surface area contributed by atoms with E-state index < -0.39 is 0 Å². The van der Waals surface area contributed by atoms with Crippen molar-refractivity contribution in [2.24, 2.45) is 82.7 Å². The second-order valence-corrected chi connectivity index (χ2v) is 43.5. The van der Waals surface area contributed by atoms with Gasteiger partial charge < -0.3 is 30.0 Å². The largest absolute Gasteiger partial charge is 0.389 e. The van der Waals surface area contributed by atoms with Crippen molar-refractivity contribution in [1.29, 1.82) is 0 Å². The lowest BCUT2D eigenvalue weighted by Gasteiger charge is -2.53. The average molecular weight is 1310 g/mol. The third kappa shape index (κ3) is 26.3. The van der Waals surface area contributed by atoms with Gasteiger partial charge in [-0.15, -0.1) is 0 Å². The first-order valence-electron chi connectivity index (χ1n) is 40.6. The Balaban J connectivity index is 0.000000225. The van der Waals surface area contributed by atoms with E-state index in [1.54, 1.807) is 0 Å². The Morgan fingerprint density at radius 2 is 0.441 bits per heavy atom. The normalized spacial score (nSPS) is 25.7. The van der Waals surface area contributed by atoms with Gasteiger partial charge in [0, 0.05) is 19.6 Å². The van der Waals surface area contributed by atoms with Gasteiger partial charge in [0.25, 0.3) is 0 Å². The van der Waals surface area contributed by atoms with Gasteiger partial charge in [0.15, 0.2) is 0 Å². The van der Waals surface area contributed by atoms with Crippen LogP contribution in [0.3, 0.4) is 0 Å². The van der Waals surface area contributed by atoms with Crippen molar-refractivity contribution in [2.75, 3.05) is 58.9 Å². The summed E-state index contributed by atoms with van der Waals surface area (Å²) in [6.07, 6.45) is 44.6. The molecule has 6 heteroatoms. The molecule has 3 heterocycles. The molecule has 9 aliphatic carbocycles.